The Morgan fingerprint density at radius 2 is 1.96 bits per heavy atom. The van der Waals surface area contributed by atoms with Crippen molar-refractivity contribution in [3.05, 3.63) is 30.5 Å². The molecule has 0 radical (unpaired) electrons. The van der Waals surface area contributed by atoms with E-state index in [-0.39, 0.29) is 0 Å². The van der Waals surface area contributed by atoms with E-state index in [1.165, 1.54) is 18.5 Å². The van der Waals surface area contributed by atoms with Crippen LogP contribution in [0.25, 0.3) is 0 Å². The number of nitrogens with one attached hydrogen (secondary N) is 2. The number of aromatic nitrogens is 3. The van der Waals surface area contributed by atoms with Gasteiger partial charge in [-0.1, -0.05) is 0 Å². The number of benzene rings is 1. The number of methoxy groups -OCH3 is 1. The Bertz CT molecular complexity index is 612. The van der Waals surface area contributed by atoms with Crippen LogP contribution < -0.4 is 15.5 Å². The van der Waals surface area contributed by atoms with E-state index >= 15 is 0 Å². The molecule has 0 spiro atoms. The van der Waals surface area contributed by atoms with Gasteiger partial charge in [-0.25, -0.2) is 0 Å². The quantitative estimate of drug-likeness (QED) is 0.759. The maximum absolute atomic E-state index is 5.00. The Balaban J connectivity index is 1.61. The Hall–Kier alpha value is -2.41. The minimum Gasteiger partial charge on any atom is -0.383 e. The molecule has 1 aromatic heterocycles. The molecule has 2 aromatic rings. The van der Waals surface area contributed by atoms with Crippen LogP contribution in [0.5, 0.6) is 0 Å². The van der Waals surface area contributed by atoms with E-state index in [2.05, 4.69) is 42.8 Å². The summed E-state index contributed by atoms with van der Waals surface area (Å²) in [5.41, 5.74) is 2.21. The molecule has 1 saturated heterocycles. The summed E-state index contributed by atoms with van der Waals surface area (Å²) in [5, 5.41) is 14.3. The van der Waals surface area contributed by atoms with Gasteiger partial charge in [-0.15, -0.1) is 5.10 Å². The number of hydrogen-bond acceptors (Lipinski definition) is 7. The molecule has 1 aliphatic heterocycles. The third-order valence-electron chi connectivity index (χ3n) is 3.77. The second-order valence-corrected chi connectivity index (χ2v) is 5.45. The van der Waals surface area contributed by atoms with E-state index in [0.29, 0.717) is 24.9 Å². The first-order chi connectivity index (χ1) is 11.3. The second-order valence-electron chi connectivity index (χ2n) is 5.45. The summed E-state index contributed by atoms with van der Waals surface area (Å²) < 4.78 is 5.00. The number of rotatable bonds is 7. The molecule has 0 atom stereocenters. The van der Waals surface area contributed by atoms with Crippen molar-refractivity contribution >= 4 is 23.1 Å². The molecular formula is C16H22N6O. The average Bonchev–Trinajstić information content (AvgIpc) is 3.11. The summed E-state index contributed by atoms with van der Waals surface area (Å²) in [6.07, 6.45) is 4.15. The lowest BCUT2D eigenvalue weighted by atomic mass is 10.2. The number of ether oxygens (including phenoxy) is 1. The highest BCUT2D eigenvalue weighted by Gasteiger charge is 2.11. The summed E-state index contributed by atoms with van der Waals surface area (Å²) in [6.45, 7) is 3.59. The molecular weight excluding hydrogens is 292 g/mol. The zero-order valence-corrected chi connectivity index (χ0v) is 13.3. The van der Waals surface area contributed by atoms with E-state index in [4.69, 9.17) is 4.74 Å². The summed E-state index contributed by atoms with van der Waals surface area (Å²) >= 11 is 0. The van der Waals surface area contributed by atoms with Gasteiger partial charge in [-0.05, 0) is 37.1 Å². The van der Waals surface area contributed by atoms with Gasteiger partial charge < -0.3 is 20.3 Å². The van der Waals surface area contributed by atoms with Gasteiger partial charge in [0.2, 0.25) is 5.95 Å². The molecule has 7 heteroatoms. The van der Waals surface area contributed by atoms with Gasteiger partial charge in [-0.3, -0.25) is 0 Å². The van der Waals surface area contributed by atoms with Gasteiger partial charge in [0, 0.05) is 38.1 Å². The van der Waals surface area contributed by atoms with Crippen LogP contribution in [0.3, 0.4) is 0 Å². The summed E-state index contributed by atoms with van der Waals surface area (Å²) in [5.74, 6) is 1.15. The monoisotopic (exact) mass is 314 g/mol. The minimum absolute atomic E-state index is 0.473. The van der Waals surface area contributed by atoms with Crippen LogP contribution in [0.4, 0.5) is 23.1 Å². The first kappa shape index (κ1) is 15.5. The van der Waals surface area contributed by atoms with Crippen molar-refractivity contribution < 1.29 is 4.74 Å². The van der Waals surface area contributed by atoms with E-state index < -0.39 is 0 Å². The smallest absolute Gasteiger partial charge is 0.249 e. The van der Waals surface area contributed by atoms with Crippen LogP contribution in [0, 0.1) is 0 Å². The Morgan fingerprint density at radius 3 is 2.70 bits per heavy atom. The number of hydrogen-bond donors (Lipinski definition) is 2. The lowest BCUT2D eigenvalue weighted by molar-refractivity contribution is 0.210. The van der Waals surface area contributed by atoms with Crippen LogP contribution in [-0.2, 0) is 4.74 Å². The van der Waals surface area contributed by atoms with Crippen molar-refractivity contribution in [2.45, 2.75) is 12.8 Å². The van der Waals surface area contributed by atoms with Crippen LogP contribution >= 0.6 is 0 Å². The van der Waals surface area contributed by atoms with Crippen molar-refractivity contribution in [3.8, 4) is 0 Å². The fraction of sp³-hybridized carbons (Fsp3) is 0.438. The lowest BCUT2D eigenvalue weighted by Crippen LogP contribution is -2.17. The predicted molar refractivity (Wildman–Crippen MR) is 91.4 cm³/mol. The maximum Gasteiger partial charge on any atom is 0.249 e. The highest BCUT2D eigenvalue weighted by Crippen LogP contribution is 2.23. The van der Waals surface area contributed by atoms with E-state index in [9.17, 15) is 0 Å². The molecule has 23 heavy (non-hydrogen) atoms. The van der Waals surface area contributed by atoms with Crippen LogP contribution in [0.15, 0.2) is 30.5 Å². The third kappa shape index (κ3) is 4.29. The molecule has 3 rings (SSSR count). The standard InChI is InChI=1S/C16H22N6O/c1-23-11-8-17-15-12-18-21-16(20-15)19-13-4-6-14(7-5-13)22-9-2-3-10-22/h4-7,12H,2-3,8-11H2,1H3,(H2,17,19,20,21). The molecule has 0 amide bonds. The largest absolute Gasteiger partial charge is 0.383 e. The Labute approximate surface area is 136 Å². The number of nitrogens with zero attached hydrogens (tertiary/aromatic N) is 4. The molecule has 0 saturated carbocycles. The van der Waals surface area contributed by atoms with E-state index in [1.807, 2.05) is 12.1 Å². The van der Waals surface area contributed by atoms with Crippen LogP contribution in [0.2, 0.25) is 0 Å². The highest BCUT2D eigenvalue weighted by molar-refractivity contribution is 5.59. The molecule has 122 valence electrons. The fourth-order valence-electron chi connectivity index (χ4n) is 2.58. The van der Waals surface area contributed by atoms with Gasteiger partial charge >= 0.3 is 0 Å². The molecule has 7 nitrogen and oxygen atoms in total. The van der Waals surface area contributed by atoms with Crippen molar-refractivity contribution in [2.24, 2.45) is 0 Å². The number of anilines is 4. The summed E-state index contributed by atoms with van der Waals surface area (Å²) in [6, 6.07) is 8.34. The van der Waals surface area contributed by atoms with Gasteiger partial charge in [0.25, 0.3) is 0 Å². The normalized spacial score (nSPS) is 14.0. The zero-order chi connectivity index (χ0) is 15.9. The predicted octanol–water partition coefficient (Wildman–Crippen LogP) is 2.27. The molecule has 2 N–H and O–H groups in total. The first-order valence-corrected chi connectivity index (χ1v) is 7.90. The van der Waals surface area contributed by atoms with Gasteiger partial charge in [0.1, 0.15) is 0 Å². The zero-order valence-electron chi connectivity index (χ0n) is 13.3. The van der Waals surface area contributed by atoms with E-state index in [0.717, 1.165) is 18.8 Å². The Kier molecular flexibility index (Phi) is 5.21. The van der Waals surface area contributed by atoms with Crippen LogP contribution in [-0.4, -0.2) is 48.5 Å². The maximum atomic E-state index is 5.00. The van der Waals surface area contributed by atoms with Crippen molar-refractivity contribution in [1.82, 2.24) is 15.2 Å². The molecule has 1 aliphatic rings. The van der Waals surface area contributed by atoms with Crippen molar-refractivity contribution in [3.63, 3.8) is 0 Å². The van der Waals surface area contributed by atoms with Gasteiger partial charge in [0.05, 0.1) is 12.8 Å². The van der Waals surface area contributed by atoms with Crippen molar-refractivity contribution in [1.29, 1.82) is 0 Å². The van der Waals surface area contributed by atoms with Crippen molar-refractivity contribution in [2.75, 3.05) is 48.9 Å². The van der Waals surface area contributed by atoms with Gasteiger partial charge in [0.15, 0.2) is 5.82 Å². The molecule has 0 bridgehead atoms. The van der Waals surface area contributed by atoms with E-state index in [1.54, 1.807) is 13.3 Å². The van der Waals surface area contributed by atoms with Gasteiger partial charge in [-0.2, -0.15) is 10.1 Å². The second kappa shape index (κ2) is 7.73. The first-order valence-electron chi connectivity index (χ1n) is 7.90. The molecule has 0 unspecified atom stereocenters. The molecule has 1 aromatic carbocycles. The Morgan fingerprint density at radius 1 is 1.17 bits per heavy atom. The SMILES string of the molecule is COCCNc1cnnc(Nc2ccc(N3CCCC3)cc2)n1. The average molecular weight is 314 g/mol. The summed E-state index contributed by atoms with van der Waals surface area (Å²) in [4.78, 5) is 6.78. The minimum atomic E-state index is 0.473. The fourth-order valence-corrected chi connectivity index (χ4v) is 2.58. The molecule has 2 heterocycles. The highest BCUT2D eigenvalue weighted by atomic mass is 16.5. The molecule has 1 fully saturated rings. The lowest BCUT2D eigenvalue weighted by Gasteiger charge is -2.17. The summed E-state index contributed by atoms with van der Waals surface area (Å²) in [7, 11) is 1.67. The van der Waals surface area contributed by atoms with Crippen LogP contribution in [0.1, 0.15) is 12.8 Å². The molecule has 0 aliphatic carbocycles. The topological polar surface area (TPSA) is 75.2 Å². The third-order valence-corrected chi connectivity index (χ3v) is 3.77.